The van der Waals surface area contributed by atoms with Crippen molar-refractivity contribution in [2.75, 3.05) is 7.11 Å². The molecule has 1 saturated carbocycles. The molecule has 25 heavy (non-hydrogen) atoms. The van der Waals surface area contributed by atoms with Crippen molar-refractivity contribution < 1.29 is 19.4 Å². The lowest BCUT2D eigenvalue weighted by Gasteiger charge is -2.18. The molecule has 0 radical (unpaired) electrons. The number of hydrogen-bond acceptors (Lipinski definition) is 4. The number of aromatic nitrogens is 2. The zero-order valence-corrected chi connectivity index (χ0v) is 14.0. The monoisotopic (exact) mass is 343 g/mol. The highest BCUT2D eigenvalue weighted by atomic mass is 16.5. The van der Waals surface area contributed by atoms with E-state index in [1.165, 1.54) is 7.11 Å². The molecule has 0 aliphatic heterocycles. The fourth-order valence-corrected chi connectivity index (χ4v) is 3.25. The van der Waals surface area contributed by atoms with Crippen molar-refractivity contribution >= 4 is 11.9 Å². The molecule has 132 valence electrons. The van der Waals surface area contributed by atoms with Crippen LogP contribution >= 0.6 is 0 Å². The third kappa shape index (κ3) is 3.65. The lowest BCUT2D eigenvalue weighted by Crippen LogP contribution is -2.35. The summed E-state index contributed by atoms with van der Waals surface area (Å²) < 4.78 is 6.84. The van der Waals surface area contributed by atoms with E-state index in [0.717, 1.165) is 25.7 Å². The number of carbonyl (C=O) groups is 2. The van der Waals surface area contributed by atoms with Crippen LogP contribution in [0.25, 0.3) is 0 Å². The van der Waals surface area contributed by atoms with Crippen molar-refractivity contribution in [3.8, 4) is 5.75 Å². The molecule has 1 fully saturated rings. The van der Waals surface area contributed by atoms with Crippen LogP contribution < -0.4 is 10.1 Å². The molecule has 2 N–H and O–H groups in total. The summed E-state index contributed by atoms with van der Waals surface area (Å²) in [6.45, 7) is 0. The van der Waals surface area contributed by atoms with Gasteiger partial charge in [0, 0.05) is 6.20 Å². The minimum Gasteiger partial charge on any atom is -0.497 e. The Morgan fingerprint density at radius 2 is 2.08 bits per heavy atom. The second-order valence-electron chi connectivity index (χ2n) is 6.12. The van der Waals surface area contributed by atoms with Gasteiger partial charge in [-0.3, -0.25) is 9.48 Å². The van der Waals surface area contributed by atoms with Gasteiger partial charge in [-0.25, -0.2) is 4.79 Å². The second kappa shape index (κ2) is 7.38. The van der Waals surface area contributed by atoms with Crippen LogP contribution in [-0.2, 0) is 4.79 Å². The van der Waals surface area contributed by atoms with Gasteiger partial charge < -0.3 is 15.2 Å². The number of carboxylic acid groups (broad SMARTS) is 1. The number of hydrogen-bond donors (Lipinski definition) is 2. The summed E-state index contributed by atoms with van der Waals surface area (Å²) in [6, 6.07) is 7.34. The first-order valence-electron chi connectivity index (χ1n) is 8.31. The molecule has 0 spiro atoms. The number of nitrogens with zero attached hydrogens (tertiary/aromatic N) is 2. The number of rotatable bonds is 6. The summed E-state index contributed by atoms with van der Waals surface area (Å²) in [5.41, 5.74) is 0.841. The molecule has 3 rings (SSSR count). The normalized spacial score (nSPS) is 15.7. The van der Waals surface area contributed by atoms with E-state index in [-0.39, 0.29) is 6.04 Å². The topological polar surface area (TPSA) is 93.5 Å². The first kappa shape index (κ1) is 17.0. The Balaban J connectivity index is 1.82. The Labute approximate surface area is 145 Å². The van der Waals surface area contributed by atoms with E-state index in [1.807, 2.05) is 0 Å². The van der Waals surface area contributed by atoms with E-state index in [2.05, 4.69) is 10.4 Å². The maximum atomic E-state index is 12.7. The molecule has 1 amide bonds. The highest BCUT2D eigenvalue weighted by Gasteiger charge is 2.27. The highest BCUT2D eigenvalue weighted by Crippen LogP contribution is 2.30. The van der Waals surface area contributed by atoms with Crippen LogP contribution in [0.1, 0.15) is 53.8 Å². The zero-order valence-electron chi connectivity index (χ0n) is 14.0. The predicted molar refractivity (Wildman–Crippen MR) is 90.6 cm³/mol. The van der Waals surface area contributed by atoms with Crippen molar-refractivity contribution in [3.05, 3.63) is 47.8 Å². The van der Waals surface area contributed by atoms with Crippen molar-refractivity contribution in [3.63, 3.8) is 0 Å². The van der Waals surface area contributed by atoms with Crippen LogP contribution in [-0.4, -0.2) is 33.9 Å². The van der Waals surface area contributed by atoms with Gasteiger partial charge in [0.15, 0.2) is 6.04 Å². The maximum absolute atomic E-state index is 12.7. The molecule has 1 heterocycles. The second-order valence-corrected chi connectivity index (χ2v) is 6.12. The Kier molecular flexibility index (Phi) is 5.02. The molecule has 7 heteroatoms. The van der Waals surface area contributed by atoms with Gasteiger partial charge in [0.2, 0.25) is 0 Å². The standard InChI is InChI=1S/C18H21N3O4/c1-25-14-8-4-5-12(11-14)16(18(23)24)20-17(22)15-9-10-19-21(15)13-6-2-3-7-13/h4-5,8-11,13,16H,2-3,6-7H2,1H3,(H,20,22)(H,23,24). The SMILES string of the molecule is COc1cccc(C(NC(=O)c2ccnn2C2CCCC2)C(=O)O)c1. The number of ether oxygens (including phenoxy) is 1. The number of carbonyl (C=O) groups excluding carboxylic acids is 1. The minimum absolute atomic E-state index is 0.204. The molecule has 1 unspecified atom stereocenters. The fourth-order valence-electron chi connectivity index (χ4n) is 3.25. The number of aliphatic carboxylic acids is 1. The van der Waals surface area contributed by atoms with E-state index in [0.29, 0.717) is 17.0 Å². The number of amides is 1. The minimum atomic E-state index is -1.16. The Morgan fingerprint density at radius 3 is 2.76 bits per heavy atom. The van der Waals surface area contributed by atoms with Crippen molar-refractivity contribution in [2.45, 2.75) is 37.8 Å². The lowest BCUT2D eigenvalue weighted by atomic mass is 10.1. The number of benzene rings is 1. The maximum Gasteiger partial charge on any atom is 0.330 e. The number of methoxy groups -OCH3 is 1. The average Bonchev–Trinajstić information content (AvgIpc) is 3.29. The summed E-state index contributed by atoms with van der Waals surface area (Å²) in [4.78, 5) is 24.3. The van der Waals surface area contributed by atoms with E-state index < -0.39 is 17.9 Å². The van der Waals surface area contributed by atoms with Gasteiger partial charge in [-0.05, 0) is 36.6 Å². The molecular formula is C18H21N3O4. The molecule has 1 atom stereocenters. The van der Waals surface area contributed by atoms with Gasteiger partial charge >= 0.3 is 5.97 Å². The Bertz CT molecular complexity index is 765. The third-order valence-corrected chi connectivity index (χ3v) is 4.52. The Hall–Kier alpha value is -2.83. The number of carboxylic acids is 1. The van der Waals surface area contributed by atoms with E-state index >= 15 is 0 Å². The lowest BCUT2D eigenvalue weighted by molar-refractivity contribution is -0.139. The van der Waals surface area contributed by atoms with Crippen molar-refractivity contribution in [1.82, 2.24) is 15.1 Å². The molecule has 2 aromatic rings. The van der Waals surface area contributed by atoms with Gasteiger partial charge in [-0.2, -0.15) is 5.10 Å². The molecule has 1 aromatic carbocycles. The molecule has 1 aromatic heterocycles. The van der Waals surface area contributed by atoms with Crippen molar-refractivity contribution in [1.29, 1.82) is 0 Å². The van der Waals surface area contributed by atoms with Crippen LogP contribution in [0.4, 0.5) is 0 Å². The van der Waals surface area contributed by atoms with Crippen LogP contribution in [0.2, 0.25) is 0 Å². The van der Waals surface area contributed by atoms with Crippen LogP contribution in [0.15, 0.2) is 36.5 Å². The molecule has 7 nitrogen and oxygen atoms in total. The largest absolute Gasteiger partial charge is 0.497 e. The zero-order chi connectivity index (χ0) is 17.8. The van der Waals surface area contributed by atoms with Gasteiger partial charge in [-0.15, -0.1) is 0 Å². The third-order valence-electron chi connectivity index (χ3n) is 4.52. The van der Waals surface area contributed by atoms with E-state index in [1.54, 1.807) is 41.2 Å². The molecule has 0 saturated heterocycles. The first-order valence-corrected chi connectivity index (χ1v) is 8.31. The fraction of sp³-hybridized carbons (Fsp3) is 0.389. The van der Waals surface area contributed by atoms with Crippen LogP contribution in [0, 0.1) is 0 Å². The van der Waals surface area contributed by atoms with Crippen LogP contribution in [0.3, 0.4) is 0 Å². The quantitative estimate of drug-likeness (QED) is 0.841. The number of nitrogens with one attached hydrogen (secondary N) is 1. The molecule has 0 bridgehead atoms. The smallest absolute Gasteiger partial charge is 0.330 e. The average molecular weight is 343 g/mol. The summed E-state index contributed by atoms with van der Waals surface area (Å²) >= 11 is 0. The van der Waals surface area contributed by atoms with E-state index in [9.17, 15) is 14.7 Å². The summed E-state index contributed by atoms with van der Waals surface area (Å²) in [5, 5.41) is 16.4. The summed E-state index contributed by atoms with van der Waals surface area (Å²) in [6.07, 6.45) is 5.79. The van der Waals surface area contributed by atoms with E-state index in [4.69, 9.17) is 4.74 Å². The molecule has 1 aliphatic carbocycles. The van der Waals surface area contributed by atoms with Crippen molar-refractivity contribution in [2.24, 2.45) is 0 Å². The predicted octanol–water partition coefficient (Wildman–Crippen LogP) is 2.56. The van der Waals surface area contributed by atoms with Gasteiger partial charge in [0.1, 0.15) is 11.4 Å². The van der Waals surface area contributed by atoms with Crippen LogP contribution in [0.5, 0.6) is 5.75 Å². The molecule has 1 aliphatic rings. The van der Waals surface area contributed by atoms with Gasteiger partial charge in [0.05, 0.1) is 13.2 Å². The summed E-state index contributed by atoms with van der Waals surface area (Å²) in [7, 11) is 1.51. The highest BCUT2D eigenvalue weighted by molar-refractivity contribution is 5.95. The molecular weight excluding hydrogens is 322 g/mol. The van der Waals surface area contributed by atoms with Gasteiger partial charge in [-0.1, -0.05) is 25.0 Å². The van der Waals surface area contributed by atoms with Gasteiger partial charge in [0.25, 0.3) is 5.91 Å². The Morgan fingerprint density at radius 1 is 1.32 bits per heavy atom. The first-order chi connectivity index (χ1) is 12.1. The summed E-state index contributed by atoms with van der Waals surface area (Å²) in [5.74, 6) is -1.04.